The van der Waals surface area contributed by atoms with Crippen molar-refractivity contribution in [3.63, 3.8) is 0 Å². The van der Waals surface area contributed by atoms with E-state index in [0.717, 1.165) is 25.5 Å². The maximum atomic E-state index is 8.16. The first-order valence-corrected chi connectivity index (χ1v) is 8.35. The minimum atomic E-state index is -1.96. The van der Waals surface area contributed by atoms with Crippen molar-refractivity contribution in [2.75, 3.05) is 33.7 Å². The van der Waals surface area contributed by atoms with Crippen molar-refractivity contribution in [1.29, 1.82) is 5.41 Å². The van der Waals surface area contributed by atoms with Crippen LogP contribution >= 0.6 is 7.71 Å². The molecule has 0 aromatic carbocycles. The first-order valence-electron chi connectivity index (χ1n) is 6.51. The summed E-state index contributed by atoms with van der Waals surface area (Å²) in [4.78, 5) is 0. The van der Waals surface area contributed by atoms with Gasteiger partial charge >= 0.3 is 106 Å². The van der Waals surface area contributed by atoms with Crippen LogP contribution in [-0.2, 0) is 0 Å². The van der Waals surface area contributed by atoms with Gasteiger partial charge in [0.05, 0.1) is 0 Å². The van der Waals surface area contributed by atoms with Crippen molar-refractivity contribution in [2.45, 2.75) is 39.8 Å². The van der Waals surface area contributed by atoms with Crippen LogP contribution in [-0.4, -0.2) is 58.7 Å². The summed E-state index contributed by atoms with van der Waals surface area (Å²) in [6, 6.07) is 0. The number of nitrogens with one attached hydrogen (secondary N) is 1. The van der Waals surface area contributed by atoms with E-state index in [1.54, 1.807) is 0 Å². The second kappa shape index (κ2) is 4.83. The summed E-state index contributed by atoms with van der Waals surface area (Å²) in [5.41, 5.74) is 0. The van der Waals surface area contributed by atoms with Crippen molar-refractivity contribution in [2.24, 2.45) is 0 Å². The third-order valence-corrected chi connectivity index (χ3v) is 9.96. The molecule has 0 bridgehead atoms. The topological polar surface area (TPSA) is 33.6 Å². The van der Waals surface area contributed by atoms with E-state index < -0.39 is 7.71 Å². The van der Waals surface area contributed by atoms with Gasteiger partial charge in [-0.15, -0.1) is 0 Å². The molecule has 0 unspecified atom stereocenters. The van der Waals surface area contributed by atoms with E-state index in [1.807, 2.05) is 0 Å². The zero-order valence-electron chi connectivity index (χ0n) is 12.5. The summed E-state index contributed by atoms with van der Waals surface area (Å²) >= 11 is 0. The number of likely N-dealkylation sites (N-methyl/N-ethyl adjacent to an activating group) is 2. The summed E-state index contributed by atoms with van der Waals surface area (Å²) in [7, 11) is 2.34. The van der Waals surface area contributed by atoms with Gasteiger partial charge in [-0.2, -0.15) is 0 Å². The molecule has 0 aromatic rings. The Morgan fingerprint density at radius 1 is 1.24 bits per heavy atom. The molecule has 1 heterocycles. The van der Waals surface area contributed by atoms with E-state index in [9.17, 15) is 0 Å². The first kappa shape index (κ1) is 14.9. The standard InChI is InChI=1S/C12H29N4P/c1-8-16(9-2)17(12(3,4)5)14(6)10-11(13)15(17)7/h13,17H,8-10H2,1-7H3. The molecule has 1 aliphatic heterocycles. The molecule has 0 spiro atoms. The predicted molar refractivity (Wildman–Crippen MR) is 79.1 cm³/mol. The van der Waals surface area contributed by atoms with Gasteiger partial charge in [0.1, 0.15) is 0 Å². The van der Waals surface area contributed by atoms with E-state index in [2.05, 4.69) is 62.7 Å². The summed E-state index contributed by atoms with van der Waals surface area (Å²) in [5.74, 6) is 0.765. The monoisotopic (exact) mass is 260 g/mol. The van der Waals surface area contributed by atoms with Gasteiger partial charge in [-0.3, -0.25) is 0 Å². The molecule has 5 heteroatoms. The Kier molecular flexibility index (Phi) is 4.23. The molecule has 1 saturated heterocycles. The Labute approximate surface area is 107 Å². The summed E-state index contributed by atoms with van der Waals surface area (Å²) in [6.07, 6.45) is 0. The molecule has 4 nitrogen and oxygen atoms in total. The third-order valence-electron chi connectivity index (χ3n) is 4.00. The molecule has 1 N–H and O–H groups in total. The van der Waals surface area contributed by atoms with Crippen LogP contribution in [0.3, 0.4) is 0 Å². The number of nitrogens with zero attached hydrogens (tertiary/aromatic N) is 3. The van der Waals surface area contributed by atoms with Gasteiger partial charge in [0.25, 0.3) is 0 Å². The second-order valence-corrected chi connectivity index (χ2v) is 10.8. The van der Waals surface area contributed by atoms with Crippen LogP contribution < -0.4 is 0 Å². The Morgan fingerprint density at radius 2 is 1.71 bits per heavy atom. The van der Waals surface area contributed by atoms with Crippen molar-refractivity contribution < 1.29 is 0 Å². The molecule has 1 fully saturated rings. The molecule has 1 aliphatic rings. The Bertz CT molecular complexity index is 295. The first-order chi connectivity index (χ1) is 7.73. The molecule has 0 radical (unpaired) electrons. The van der Waals surface area contributed by atoms with Crippen LogP contribution in [0.4, 0.5) is 0 Å². The van der Waals surface area contributed by atoms with Gasteiger partial charge in [0.2, 0.25) is 0 Å². The average Bonchev–Trinajstić information content (AvgIpc) is 2.43. The van der Waals surface area contributed by atoms with Gasteiger partial charge in [-0.25, -0.2) is 0 Å². The molecule has 0 aliphatic carbocycles. The van der Waals surface area contributed by atoms with E-state index in [1.165, 1.54) is 0 Å². The molecule has 0 amide bonds. The number of rotatable bonds is 3. The van der Waals surface area contributed by atoms with Crippen molar-refractivity contribution >= 4 is 13.6 Å². The van der Waals surface area contributed by atoms with Crippen LogP contribution in [0.25, 0.3) is 0 Å². The number of amidine groups is 1. The van der Waals surface area contributed by atoms with Crippen LogP contribution in [0, 0.1) is 5.41 Å². The summed E-state index contributed by atoms with van der Waals surface area (Å²) in [6.45, 7) is 14.3. The maximum absolute atomic E-state index is 8.16. The van der Waals surface area contributed by atoms with Crippen LogP contribution in [0.2, 0.25) is 0 Å². The van der Waals surface area contributed by atoms with E-state index in [0.29, 0.717) is 0 Å². The fraction of sp³-hybridized carbons (Fsp3) is 0.917. The van der Waals surface area contributed by atoms with Crippen LogP contribution in [0.15, 0.2) is 0 Å². The SMILES string of the molecule is CCN(CC)[PH]1(C(C)(C)C)N(C)CC(=N)N1C. The molecule has 0 saturated carbocycles. The van der Waals surface area contributed by atoms with E-state index >= 15 is 0 Å². The molecule has 102 valence electrons. The number of hydrogen-bond donors (Lipinski definition) is 1. The van der Waals surface area contributed by atoms with Gasteiger partial charge < -0.3 is 0 Å². The predicted octanol–water partition coefficient (Wildman–Crippen LogP) is 2.48. The molecule has 0 aromatic heterocycles. The van der Waals surface area contributed by atoms with Crippen LogP contribution in [0.1, 0.15) is 34.6 Å². The quantitative estimate of drug-likeness (QED) is 0.791. The van der Waals surface area contributed by atoms with Crippen molar-refractivity contribution in [3.05, 3.63) is 0 Å². The fourth-order valence-corrected chi connectivity index (χ4v) is 9.77. The molecule has 17 heavy (non-hydrogen) atoms. The van der Waals surface area contributed by atoms with Gasteiger partial charge in [-0.1, -0.05) is 0 Å². The molecular weight excluding hydrogens is 231 g/mol. The van der Waals surface area contributed by atoms with Crippen LogP contribution in [0.5, 0.6) is 0 Å². The third kappa shape index (κ3) is 2.00. The summed E-state index contributed by atoms with van der Waals surface area (Å²) in [5, 5.41) is 8.36. The minimum absolute atomic E-state index is 0.200. The van der Waals surface area contributed by atoms with Gasteiger partial charge in [0.15, 0.2) is 0 Å². The Hall–Kier alpha value is -0.180. The van der Waals surface area contributed by atoms with E-state index in [4.69, 9.17) is 5.41 Å². The normalized spacial score (nSPS) is 23.5. The second-order valence-electron chi connectivity index (χ2n) is 5.92. The summed E-state index contributed by atoms with van der Waals surface area (Å²) < 4.78 is 7.32. The van der Waals surface area contributed by atoms with Gasteiger partial charge in [0, 0.05) is 0 Å². The average molecular weight is 260 g/mol. The zero-order valence-corrected chi connectivity index (χ0v) is 13.5. The zero-order chi connectivity index (χ0) is 13.4. The number of hydrogen-bond acceptors (Lipinski definition) is 3. The molecule has 0 atom stereocenters. The fourth-order valence-electron chi connectivity index (χ4n) is 3.55. The van der Waals surface area contributed by atoms with Gasteiger partial charge in [-0.05, 0) is 0 Å². The van der Waals surface area contributed by atoms with Crippen molar-refractivity contribution in [1.82, 2.24) is 14.0 Å². The Balaban J connectivity index is 3.33. The molecule has 1 rings (SSSR count). The van der Waals surface area contributed by atoms with Crippen molar-refractivity contribution in [3.8, 4) is 0 Å². The van der Waals surface area contributed by atoms with E-state index in [-0.39, 0.29) is 5.16 Å². The molecular formula is C12H29N4P. The Morgan fingerprint density at radius 3 is 1.94 bits per heavy atom.